The lowest BCUT2D eigenvalue weighted by molar-refractivity contribution is -0.122. The molecule has 2 N–H and O–H groups in total. The summed E-state index contributed by atoms with van der Waals surface area (Å²) in [5.41, 5.74) is 0.0245. The lowest BCUT2D eigenvalue weighted by Crippen LogP contribution is -2.44. The van der Waals surface area contributed by atoms with Crippen molar-refractivity contribution in [1.82, 2.24) is 14.9 Å². The van der Waals surface area contributed by atoms with E-state index >= 15 is 0 Å². The maximum absolute atomic E-state index is 12.8. The molecule has 1 aromatic heterocycles. The van der Waals surface area contributed by atoms with Crippen molar-refractivity contribution in [2.75, 3.05) is 20.2 Å². The molecule has 0 aliphatic heterocycles. The zero-order chi connectivity index (χ0) is 22.3. The molecule has 2 rings (SSSR count). The number of ether oxygens (including phenoxy) is 1. The normalized spacial score (nSPS) is 12.4. The van der Waals surface area contributed by atoms with Gasteiger partial charge in [-0.1, -0.05) is 13.8 Å². The number of carbonyl (C=O) groups is 2. The van der Waals surface area contributed by atoms with E-state index in [2.05, 4.69) is 10.6 Å². The maximum atomic E-state index is 12.8. The number of hydrogen-bond donors (Lipinski definition) is 2. The second-order valence-electron chi connectivity index (χ2n) is 6.44. The van der Waals surface area contributed by atoms with Gasteiger partial charge in [0.2, 0.25) is 15.9 Å². The number of rotatable bonds is 10. The molecule has 0 saturated carbocycles. The Kier molecular flexibility index (Phi) is 8.01. The van der Waals surface area contributed by atoms with E-state index in [-0.39, 0.29) is 22.8 Å². The van der Waals surface area contributed by atoms with Crippen molar-refractivity contribution in [3.63, 3.8) is 0 Å². The topological polar surface area (TPSA) is 118 Å². The van der Waals surface area contributed by atoms with Gasteiger partial charge in [0.15, 0.2) is 0 Å². The van der Waals surface area contributed by atoms with Crippen LogP contribution in [-0.4, -0.2) is 50.8 Å². The van der Waals surface area contributed by atoms with Crippen LogP contribution in [0.15, 0.2) is 45.9 Å². The number of methoxy groups -OCH3 is 1. The minimum atomic E-state index is -3.75. The van der Waals surface area contributed by atoms with Gasteiger partial charge >= 0.3 is 0 Å². The molecule has 0 aliphatic rings. The van der Waals surface area contributed by atoms with Gasteiger partial charge in [0.05, 0.1) is 30.4 Å². The zero-order valence-electron chi connectivity index (χ0n) is 17.5. The van der Waals surface area contributed by atoms with Crippen LogP contribution in [0.4, 0.5) is 0 Å². The van der Waals surface area contributed by atoms with Crippen LogP contribution in [0.2, 0.25) is 0 Å². The highest BCUT2D eigenvalue weighted by Crippen LogP contribution is 2.24. The third-order valence-electron chi connectivity index (χ3n) is 4.52. The largest absolute Gasteiger partial charge is 0.496 e. The average molecular weight is 438 g/mol. The Morgan fingerprint density at radius 3 is 2.47 bits per heavy atom. The first-order valence-electron chi connectivity index (χ1n) is 9.53. The Morgan fingerprint density at radius 2 is 1.90 bits per heavy atom. The molecule has 10 heteroatoms. The van der Waals surface area contributed by atoms with Crippen molar-refractivity contribution < 1.29 is 27.2 Å². The summed E-state index contributed by atoms with van der Waals surface area (Å²) in [5, 5.41) is 5.22. The predicted molar refractivity (Wildman–Crippen MR) is 111 cm³/mol. The molecule has 164 valence electrons. The lowest BCUT2D eigenvalue weighted by atomic mass is 10.1. The molecule has 30 heavy (non-hydrogen) atoms. The van der Waals surface area contributed by atoms with Crippen LogP contribution in [0.3, 0.4) is 0 Å². The van der Waals surface area contributed by atoms with Crippen LogP contribution in [0.25, 0.3) is 0 Å². The standard InChI is InChI=1S/C20H27N3O6S/c1-5-23(6-2)30(26,27)16-9-10-18(28-4)17(12-16)20(25)22-14(3)19(24)21-13-15-8-7-11-29-15/h7-12,14H,5-6,13H2,1-4H3,(H,21,24)(H,22,25). The van der Waals surface area contributed by atoms with Crippen molar-refractivity contribution in [1.29, 1.82) is 0 Å². The van der Waals surface area contributed by atoms with E-state index in [0.29, 0.717) is 18.8 Å². The molecule has 1 atom stereocenters. The van der Waals surface area contributed by atoms with E-state index in [1.54, 1.807) is 26.0 Å². The highest BCUT2D eigenvalue weighted by atomic mass is 32.2. The number of amides is 2. The van der Waals surface area contributed by atoms with Crippen LogP contribution < -0.4 is 15.4 Å². The number of nitrogens with one attached hydrogen (secondary N) is 2. The summed E-state index contributed by atoms with van der Waals surface area (Å²) in [6, 6.07) is 6.64. The number of carbonyl (C=O) groups excluding carboxylic acids is 2. The molecule has 0 spiro atoms. The predicted octanol–water partition coefficient (Wildman–Crippen LogP) is 1.75. The van der Waals surface area contributed by atoms with E-state index < -0.39 is 27.9 Å². The summed E-state index contributed by atoms with van der Waals surface area (Å²) in [4.78, 5) is 25.0. The first kappa shape index (κ1) is 23.4. The van der Waals surface area contributed by atoms with Crippen molar-refractivity contribution in [2.45, 2.75) is 38.3 Å². The van der Waals surface area contributed by atoms with Gasteiger partial charge in [-0.05, 0) is 37.3 Å². The van der Waals surface area contributed by atoms with Crippen LogP contribution in [0, 0.1) is 0 Å². The van der Waals surface area contributed by atoms with Gasteiger partial charge in [-0.15, -0.1) is 0 Å². The molecule has 0 fully saturated rings. The van der Waals surface area contributed by atoms with E-state index in [0.717, 1.165) is 0 Å². The first-order valence-corrected chi connectivity index (χ1v) is 11.0. The molecule has 0 saturated heterocycles. The molecule has 1 aromatic carbocycles. The van der Waals surface area contributed by atoms with Crippen molar-refractivity contribution in [2.24, 2.45) is 0 Å². The molecule has 0 radical (unpaired) electrons. The van der Waals surface area contributed by atoms with Crippen molar-refractivity contribution in [3.05, 3.63) is 47.9 Å². The Bertz CT molecular complexity index is 968. The summed E-state index contributed by atoms with van der Waals surface area (Å²) < 4.78 is 37.2. The SMILES string of the molecule is CCN(CC)S(=O)(=O)c1ccc(OC)c(C(=O)NC(C)C(=O)NCc2ccco2)c1. The van der Waals surface area contributed by atoms with Crippen molar-refractivity contribution >= 4 is 21.8 Å². The Labute approximate surface area is 176 Å². The smallest absolute Gasteiger partial charge is 0.255 e. The van der Waals surface area contributed by atoms with Crippen LogP contribution in [0.5, 0.6) is 5.75 Å². The van der Waals surface area contributed by atoms with Gasteiger partial charge in [-0.3, -0.25) is 9.59 Å². The number of hydrogen-bond acceptors (Lipinski definition) is 6. The second-order valence-corrected chi connectivity index (χ2v) is 8.38. The summed E-state index contributed by atoms with van der Waals surface area (Å²) in [7, 11) is -2.37. The van der Waals surface area contributed by atoms with Gasteiger partial charge in [0.1, 0.15) is 17.6 Å². The minimum Gasteiger partial charge on any atom is -0.496 e. The molecule has 2 aromatic rings. The molecule has 1 heterocycles. The second kappa shape index (κ2) is 10.3. The highest BCUT2D eigenvalue weighted by molar-refractivity contribution is 7.89. The fourth-order valence-corrected chi connectivity index (χ4v) is 4.30. The van der Waals surface area contributed by atoms with Gasteiger partial charge in [-0.2, -0.15) is 4.31 Å². The third kappa shape index (κ3) is 5.39. The van der Waals surface area contributed by atoms with E-state index in [1.165, 1.54) is 42.8 Å². The molecule has 0 aliphatic carbocycles. The van der Waals surface area contributed by atoms with Crippen LogP contribution in [0.1, 0.15) is 36.9 Å². The maximum Gasteiger partial charge on any atom is 0.255 e. The Hall–Kier alpha value is -2.85. The molecular weight excluding hydrogens is 410 g/mol. The quantitative estimate of drug-likeness (QED) is 0.585. The molecule has 1 unspecified atom stereocenters. The highest BCUT2D eigenvalue weighted by Gasteiger charge is 2.25. The molecule has 0 bridgehead atoms. The van der Waals surface area contributed by atoms with Crippen LogP contribution >= 0.6 is 0 Å². The molecule has 2 amide bonds. The van der Waals surface area contributed by atoms with E-state index in [9.17, 15) is 18.0 Å². The van der Waals surface area contributed by atoms with Gasteiger partial charge in [-0.25, -0.2) is 8.42 Å². The fraction of sp³-hybridized carbons (Fsp3) is 0.400. The van der Waals surface area contributed by atoms with Crippen molar-refractivity contribution in [3.8, 4) is 5.75 Å². The van der Waals surface area contributed by atoms with E-state index in [4.69, 9.17) is 9.15 Å². The molecular formula is C20H27N3O6S. The zero-order valence-corrected chi connectivity index (χ0v) is 18.3. The number of benzene rings is 1. The number of sulfonamides is 1. The Balaban J connectivity index is 2.18. The summed E-state index contributed by atoms with van der Waals surface area (Å²) >= 11 is 0. The fourth-order valence-electron chi connectivity index (χ4n) is 2.82. The van der Waals surface area contributed by atoms with Crippen LogP contribution in [-0.2, 0) is 21.4 Å². The summed E-state index contributed by atoms with van der Waals surface area (Å²) in [5.74, 6) is -0.248. The minimum absolute atomic E-state index is 0.0212. The summed E-state index contributed by atoms with van der Waals surface area (Å²) in [6.07, 6.45) is 1.50. The van der Waals surface area contributed by atoms with Gasteiger partial charge in [0, 0.05) is 13.1 Å². The monoisotopic (exact) mass is 437 g/mol. The first-order chi connectivity index (χ1) is 14.2. The number of furan rings is 1. The average Bonchev–Trinajstić information content (AvgIpc) is 3.25. The summed E-state index contributed by atoms with van der Waals surface area (Å²) in [6.45, 7) is 5.80. The third-order valence-corrected chi connectivity index (χ3v) is 6.56. The lowest BCUT2D eigenvalue weighted by Gasteiger charge is -2.20. The number of nitrogens with zero attached hydrogens (tertiary/aromatic N) is 1. The molecule has 9 nitrogen and oxygen atoms in total. The van der Waals surface area contributed by atoms with Gasteiger partial charge in [0.25, 0.3) is 5.91 Å². The Morgan fingerprint density at radius 1 is 1.20 bits per heavy atom. The van der Waals surface area contributed by atoms with Gasteiger partial charge < -0.3 is 19.8 Å². The van der Waals surface area contributed by atoms with E-state index in [1.807, 2.05) is 0 Å².